The zero-order chi connectivity index (χ0) is 9.90. The van der Waals surface area contributed by atoms with Gasteiger partial charge in [-0.15, -0.1) is 0 Å². The van der Waals surface area contributed by atoms with Gasteiger partial charge in [-0.2, -0.15) is 5.10 Å². The lowest BCUT2D eigenvalue weighted by Gasteiger charge is -2.17. The van der Waals surface area contributed by atoms with E-state index < -0.39 is 0 Å². The Balaban J connectivity index is 2.46. The lowest BCUT2D eigenvalue weighted by Crippen LogP contribution is -2.32. The van der Waals surface area contributed by atoms with Crippen molar-refractivity contribution >= 4 is 0 Å². The van der Waals surface area contributed by atoms with Crippen molar-refractivity contribution < 1.29 is 0 Å². The van der Waals surface area contributed by atoms with Crippen molar-refractivity contribution in [1.29, 1.82) is 0 Å². The van der Waals surface area contributed by atoms with Crippen molar-refractivity contribution in [2.45, 2.75) is 45.7 Å². The maximum absolute atomic E-state index is 5.90. The second-order valence-corrected chi connectivity index (χ2v) is 4.19. The first-order chi connectivity index (χ1) is 6.01. The molecule has 0 amide bonds. The highest BCUT2D eigenvalue weighted by Crippen LogP contribution is 2.09. The molecular weight excluding hydrogens is 162 g/mol. The Morgan fingerprint density at radius 1 is 1.54 bits per heavy atom. The van der Waals surface area contributed by atoms with E-state index in [2.05, 4.69) is 32.1 Å². The van der Waals surface area contributed by atoms with Crippen LogP contribution >= 0.6 is 0 Å². The largest absolute Gasteiger partial charge is 0.326 e. The average molecular weight is 181 g/mol. The van der Waals surface area contributed by atoms with E-state index in [4.69, 9.17) is 5.73 Å². The molecule has 0 spiro atoms. The molecule has 13 heavy (non-hydrogen) atoms. The quantitative estimate of drug-likeness (QED) is 0.766. The second-order valence-electron chi connectivity index (χ2n) is 4.19. The fourth-order valence-electron chi connectivity index (χ4n) is 1.17. The molecule has 1 aromatic heterocycles. The Morgan fingerprint density at radius 3 is 2.69 bits per heavy atom. The van der Waals surface area contributed by atoms with Gasteiger partial charge in [0.15, 0.2) is 0 Å². The van der Waals surface area contributed by atoms with Crippen molar-refractivity contribution in [3.8, 4) is 0 Å². The molecule has 0 saturated heterocycles. The molecule has 0 unspecified atom stereocenters. The lowest BCUT2D eigenvalue weighted by atomic mass is 9.98. The summed E-state index contributed by atoms with van der Waals surface area (Å²) >= 11 is 0. The Morgan fingerprint density at radius 2 is 2.23 bits per heavy atom. The highest BCUT2D eigenvalue weighted by molar-refractivity contribution is 5.04. The van der Waals surface area contributed by atoms with Crippen LogP contribution < -0.4 is 5.73 Å². The minimum Gasteiger partial charge on any atom is -0.326 e. The number of rotatable bonds is 4. The molecule has 0 aliphatic carbocycles. The van der Waals surface area contributed by atoms with Gasteiger partial charge < -0.3 is 5.73 Å². The fourth-order valence-corrected chi connectivity index (χ4v) is 1.17. The lowest BCUT2D eigenvalue weighted by molar-refractivity contribution is 0.477. The molecular formula is C10H19N3. The molecule has 74 valence electrons. The normalized spacial score (nSPS) is 12.0. The summed E-state index contributed by atoms with van der Waals surface area (Å²) in [5, 5.41) is 4.21. The van der Waals surface area contributed by atoms with Crippen molar-refractivity contribution in [1.82, 2.24) is 9.78 Å². The van der Waals surface area contributed by atoms with E-state index in [1.807, 2.05) is 10.9 Å². The summed E-state index contributed by atoms with van der Waals surface area (Å²) in [6.07, 6.45) is 6.03. The molecule has 0 aliphatic heterocycles. The second kappa shape index (κ2) is 3.92. The molecule has 0 aromatic carbocycles. The maximum Gasteiger partial charge on any atom is 0.0521 e. The molecule has 0 bridgehead atoms. The molecule has 0 aliphatic rings. The van der Waals surface area contributed by atoms with Crippen LogP contribution in [-0.4, -0.2) is 15.3 Å². The number of nitrogens with zero attached hydrogens (tertiary/aromatic N) is 2. The van der Waals surface area contributed by atoms with Gasteiger partial charge in [-0.3, -0.25) is 4.68 Å². The number of hydrogen-bond donors (Lipinski definition) is 1. The Bertz CT molecular complexity index is 257. The Hall–Kier alpha value is -0.830. The van der Waals surface area contributed by atoms with E-state index in [9.17, 15) is 0 Å². The van der Waals surface area contributed by atoms with Crippen LogP contribution in [0.15, 0.2) is 12.4 Å². The summed E-state index contributed by atoms with van der Waals surface area (Å²) in [7, 11) is 0. The van der Waals surface area contributed by atoms with Crippen LogP contribution in [0.3, 0.4) is 0 Å². The first-order valence-corrected chi connectivity index (χ1v) is 4.81. The summed E-state index contributed by atoms with van der Waals surface area (Å²) in [5.41, 5.74) is 7.10. The maximum atomic E-state index is 5.90. The number of hydrogen-bond acceptors (Lipinski definition) is 2. The van der Waals surface area contributed by atoms with Gasteiger partial charge in [-0.05, 0) is 39.2 Å². The van der Waals surface area contributed by atoms with E-state index in [0.717, 1.165) is 19.4 Å². The third-order valence-electron chi connectivity index (χ3n) is 2.07. The highest BCUT2D eigenvalue weighted by atomic mass is 15.3. The molecule has 0 atom stereocenters. The minimum absolute atomic E-state index is 0.0751. The standard InChI is InChI=1S/C10H19N3/c1-4-13-8-9(7-12-13)5-6-10(2,3)11/h7-8H,4-6,11H2,1-3H3. The van der Waals surface area contributed by atoms with Crippen LogP contribution in [0.25, 0.3) is 0 Å². The average Bonchev–Trinajstić information content (AvgIpc) is 2.47. The van der Waals surface area contributed by atoms with Crippen molar-refractivity contribution in [2.24, 2.45) is 5.73 Å². The monoisotopic (exact) mass is 181 g/mol. The van der Waals surface area contributed by atoms with Gasteiger partial charge in [0.05, 0.1) is 6.20 Å². The summed E-state index contributed by atoms with van der Waals surface area (Å²) in [6.45, 7) is 7.13. The van der Waals surface area contributed by atoms with Gasteiger partial charge >= 0.3 is 0 Å². The molecule has 0 radical (unpaired) electrons. The van der Waals surface area contributed by atoms with E-state index in [1.165, 1.54) is 5.56 Å². The van der Waals surface area contributed by atoms with E-state index >= 15 is 0 Å². The molecule has 1 rings (SSSR count). The van der Waals surface area contributed by atoms with Gasteiger partial charge in [0.1, 0.15) is 0 Å². The van der Waals surface area contributed by atoms with Crippen LogP contribution in [0.2, 0.25) is 0 Å². The number of aryl methyl sites for hydroxylation is 2. The number of nitrogens with two attached hydrogens (primary N) is 1. The summed E-state index contributed by atoms with van der Waals surface area (Å²) < 4.78 is 1.94. The smallest absolute Gasteiger partial charge is 0.0521 e. The third-order valence-corrected chi connectivity index (χ3v) is 2.07. The zero-order valence-corrected chi connectivity index (χ0v) is 8.75. The highest BCUT2D eigenvalue weighted by Gasteiger charge is 2.10. The van der Waals surface area contributed by atoms with Crippen molar-refractivity contribution in [2.75, 3.05) is 0 Å². The van der Waals surface area contributed by atoms with Crippen LogP contribution in [0.4, 0.5) is 0 Å². The molecule has 0 fully saturated rings. The first-order valence-electron chi connectivity index (χ1n) is 4.81. The van der Waals surface area contributed by atoms with Crippen molar-refractivity contribution in [3.05, 3.63) is 18.0 Å². The van der Waals surface area contributed by atoms with E-state index in [1.54, 1.807) is 0 Å². The summed E-state index contributed by atoms with van der Waals surface area (Å²) in [5.74, 6) is 0. The minimum atomic E-state index is -0.0751. The molecule has 3 heteroatoms. The van der Waals surface area contributed by atoms with Crippen LogP contribution in [0.1, 0.15) is 32.8 Å². The van der Waals surface area contributed by atoms with E-state index in [0.29, 0.717) is 0 Å². The topological polar surface area (TPSA) is 43.8 Å². The number of aromatic nitrogens is 2. The molecule has 3 nitrogen and oxygen atoms in total. The SMILES string of the molecule is CCn1cc(CCC(C)(C)N)cn1. The third kappa shape index (κ3) is 3.59. The zero-order valence-electron chi connectivity index (χ0n) is 8.75. The molecule has 2 N–H and O–H groups in total. The van der Waals surface area contributed by atoms with Gasteiger partial charge in [-0.25, -0.2) is 0 Å². The molecule has 1 heterocycles. The fraction of sp³-hybridized carbons (Fsp3) is 0.700. The van der Waals surface area contributed by atoms with Crippen LogP contribution in [-0.2, 0) is 13.0 Å². The van der Waals surface area contributed by atoms with Gasteiger partial charge in [0.2, 0.25) is 0 Å². The predicted octanol–water partition coefficient (Wildman–Crippen LogP) is 1.57. The van der Waals surface area contributed by atoms with Gasteiger partial charge in [0, 0.05) is 18.3 Å². The summed E-state index contributed by atoms with van der Waals surface area (Å²) in [4.78, 5) is 0. The van der Waals surface area contributed by atoms with Gasteiger partial charge in [-0.1, -0.05) is 0 Å². The van der Waals surface area contributed by atoms with Crippen LogP contribution in [0.5, 0.6) is 0 Å². The Kier molecular flexibility index (Phi) is 3.09. The summed E-state index contributed by atoms with van der Waals surface area (Å²) in [6, 6.07) is 0. The van der Waals surface area contributed by atoms with Crippen molar-refractivity contribution in [3.63, 3.8) is 0 Å². The van der Waals surface area contributed by atoms with Crippen LogP contribution in [0, 0.1) is 0 Å². The Labute approximate surface area is 79.9 Å². The van der Waals surface area contributed by atoms with Gasteiger partial charge in [0.25, 0.3) is 0 Å². The molecule has 1 aromatic rings. The molecule has 0 saturated carbocycles. The van der Waals surface area contributed by atoms with E-state index in [-0.39, 0.29) is 5.54 Å². The first kappa shape index (κ1) is 10.3. The predicted molar refractivity (Wildman–Crippen MR) is 54.5 cm³/mol.